The minimum absolute atomic E-state index is 0.163. The fraction of sp³-hybridized carbons (Fsp3) is 0.486. The van der Waals surface area contributed by atoms with Crippen LogP contribution in [0, 0.1) is 82.5 Å². The van der Waals surface area contributed by atoms with Gasteiger partial charge in [0.1, 0.15) is 0 Å². The maximum absolute atomic E-state index is 5.82. The third-order valence-electron chi connectivity index (χ3n) is 21.7. The molecule has 726 valence electrons. The Kier molecular flexibility index (Phi) is 46.5. The van der Waals surface area contributed by atoms with E-state index < -0.39 is 54.1 Å². The molecule has 0 aromatic heterocycles. The number of para-hydroxylation sites is 7. The molecule has 0 bridgehead atoms. The van der Waals surface area contributed by atoms with Gasteiger partial charge < -0.3 is 19.6 Å². The summed E-state index contributed by atoms with van der Waals surface area (Å²) >= 11 is -7.08. The van der Waals surface area contributed by atoms with Crippen molar-refractivity contribution in [1.82, 2.24) is 0 Å². The first-order chi connectivity index (χ1) is 59.6. The number of hydrogen-bond donors (Lipinski definition) is 0. The van der Waals surface area contributed by atoms with Crippen LogP contribution < -0.4 is 38.5 Å². The van der Waals surface area contributed by atoms with Crippen molar-refractivity contribution in [3.05, 3.63) is 263 Å². The summed E-state index contributed by atoms with van der Waals surface area (Å²) in [6.45, 7) is 85.5. The van der Waals surface area contributed by atoms with Crippen molar-refractivity contribution in [2.24, 2.45) is 21.7 Å². The summed E-state index contributed by atoms with van der Waals surface area (Å²) < 4.78 is 30.1. The molecule has 4 aliphatic rings. The van der Waals surface area contributed by atoms with Gasteiger partial charge in [0, 0.05) is 44.9 Å². The maximum Gasteiger partial charge on any atom is 0.0140 e. The van der Waals surface area contributed by atoms with Crippen LogP contribution in [0.5, 0.6) is 23.0 Å². The third kappa shape index (κ3) is 38.1. The Morgan fingerprint density at radius 1 is 0.310 bits per heavy atom. The number of benzene rings is 8. The molecule has 8 nitrogen and oxygen atoms in total. The second kappa shape index (κ2) is 51.7. The smallest absolute Gasteiger partial charge is 0.0140 e. The van der Waals surface area contributed by atoms with E-state index in [1.54, 1.807) is 0 Å². The van der Waals surface area contributed by atoms with Gasteiger partial charge in [-0.05, 0) is 153 Å². The first kappa shape index (κ1) is 116. The van der Waals surface area contributed by atoms with Crippen molar-refractivity contribution in [3.8, 4) is 23.0 Å². The van der Waals surface area contributed by atoms with Gasteiger partial charge in [-0.3, -0.25) is 0 Å². The molecule has 0 radical (unpaired) electrons. The minimum atomic E-state index is -1.77. The summed E-state index contributed by atoms with van der Waals surface area (Å²) in [4.78, 5) is 10.0. The summed E-state index contributed by atoms with van der Waals surface area (Å²) in [5.74, 6) is 4.52. The monoisotopic (exact) mass is 2270 g/mol. The van der Waals surface area contributed by atoms with Crippen LogP contribution in [0.3, 0.4) is 0 Å². The molecule has 8 aromatic carbocycles. The summed E-state index contributed by atoms with van der Waals surface area (Å²) in [6.07, 6.45) is 6.55. The Morgan fingerprint density at radius 2 is 0.566 bits per heavy atom. The van der Waals surface area contributed by atoms with Crippen molar-refractivity contribution in [1.29, 1.82) is 0 Å². The number of hydrogen-bond acceptors (Lipinski definition) is 8. The summed E-state index contributed by atoms with van der Waals surface area (Å²) in [5, 5.41) is 0. The average molecular weight is 2270 g/mol. The number of ether oxygens (including phenoxy) is 4. The largest absolute Gasteiger partial charge is 0.517 e. The predicted molar refractivity (Wildman–Crippen MR) is 560 cm³/mol. The fourth-order valence-electron chi connectivity index (χ4n) is 18.2. The molecular formula is C109H154Cl8N4O4Ru4-4. The molecule has 8 aromatic rings. The first-order valence-electron chi connectivity index (χ1n) is 45.0. The number of nitrogens with zero attached hydrogens (tertiary/aromatic N) is 4. The molecule has 129 heavy (non-hydrogen) atoms. The Morgan fingerprint density at radius 3 is 0.845 bits per heavy atom. The van der Waals surface area contributed by atoms with Gasteiger partial charge in [0.05, 0.1) is 0 Å². The van der Waals surface area contributed by atoms with Gasteiger partial charge in [-0.25, -0.2) is 26.2 Å². The van der Waals surface area contributed by atoms with E-state index >= 15 is 0 Å². The van der Waals surface area contributed by atoms with E-state index in [-0.39, 0.29) is 68.2 Å². The van der Waals surface area contributed by atoms with Gasteiger partial charge in [0.25, 0.3) is 0 Å². The molecule has 0 amide bonds. The van der Waals surface area contributed by atoms with Crippen molar-refractivity contribution in [2.45, 2.75) is 326 Å². The zero-order valence-electron chi connectivity index (χ0n) is 83.6. The second-order valence-corrected chi connectivity index (χ2v) is 63.9. The Hall–Kier alpha value is -3.55. The van der Waals surface area contributed by atoms with E-state index in [0.717, 1.165) is 51.7 Å². The van der Waals surface area contributed by atoms with Gasteiger partial charge >= 0.3 is 391 Å². The molecule has 0 saturated carbocycles. The first-order valence-corrected chi connectivity index (χ1v) is 66.9. The molecule has 4 saturated heterocycles. The van der Waals surface area contributed by atoms with E-state index in [2.05, 4.69) is 299 Å². The standard InChI is InChI=1S/C18H28N.3C17H26N.4C10H12O.8ClH.4Ru/c1-13(2)15-10-8-9-14(3)16(15)19-12-17(4,5)11-18(19,6)7;1-12-8-13(2)15(14(3)9-12)18-11-16(4,5)10-17(18,6)7;1-13(2)14-9-7-8-10-15(14)18-12-16(3,4)11-17(18,5)6;1-7-14-10-8-9-13(2)15(14)18-12-16(3,4)11-17(18,5)6;4*1-8(2)11-10-7-5-4-6-9(10)3;;;;;;;;;;;;/h8-10,12-13H,11H2,1-7H3;8-9,11H,10H2,1-7H3;7-10,12-13H,11H2,1-6H3;8-10,12H,7,11H2,1-6H3;4*3-8H,1-2H3;8*1H;;;;/q4*-1;;;;;;;;;;;;;4*+2/p-8. The van der Waals surface area contributed by atoms with Crippen LogP contribution in [0.25, 0.3) is 0 Å². The Bertz CT molecular complexity index is 4720. The summed E-state index contributed by atoms with van der Waals surface area (Å²) in [6, 6.07) is 57.9. The van der Waals surface area contributed by atoms with E-state index in [4.69, 9.17) is 96.5 Å². The molecule has 12 rings (SSSR count). The predicted octanol–water partition coefficient (Wildman–Crippen LogP) is 34.0. The summed E-state index contributed by atoms with van der Waals surface area (Å²) in [7, 11) is 46.5. The van der Waals surface area contributed by atoms with E-state index in [1.165, 1.54) is 92.9 Å². The Labute approximate surface area is 836 Å². The van der Waals surface area contributed by atoms with Crippen LogP contribution in [-0.2, 0) is 60.5 Å². The molecule has 4 aliphatic heterocycles. The van der Waals surface area contributed by atoms with Crippen LogP contribution in [0.1, 0.15) is 305 Å². The second-order valence-electron chi connectivity index (χ2n) is 41.0. The average Bonchev–Trinajstić information content (AvgIpc) is 1.62. The van der Waals surface area contributed by atoms with E-state index in [9.17, 15) is 0 Å². The minimum Gasteiger partial charge on any atom is -0.517 e. The van der Waals surface area contributed by atoms with Crippen LogP contribution in [-0.4, -0.2) is 65.0 Å². The van der Waals surface area contributed by atoms with E-state index in [0.29, 0.717) is 11.8 Å². The van der Waals surface area contributed by atoms with Crippen LogP contribution in [0.4, 0.5) is 22.7 Å². The molecule has 0 spiro atoms. The van der Waals surface area contributed by atoms with Crippen LogP contribution in [0.2, 0.25) is 0 Å². The molecule has 0 unspecified atom stereocenters. The topological polar surface area (TPSA) is 49.9 Å². The van der Waals surface area contributed by atoms with Gasteiger partial charge in [0.2, 0.25) is 0 Å². The molecule has 4 heterocycles. The maximum atomic E-state index is 5.82. The van der Waals surface area contributed by atoms with Gasteiger partial charge in [0.15, 0.2) is 0 Å². The number of rotatable bonds is 19. The SMILES string of the molecule is CC(C)Oc1ccccc1[CH]=[Ru]([Cl])[Cl].CC(C)Oc1ccccc1[CH]=[Ru]([Cl])[Cl].CC(C)Oc1ccccc1[CH]=[Ru]([Cl])[Cl].CC(C)Oc1ccccc1[CH]=[Ru]([Cl])[Cl].CC(C)c1ccccc1N1[CH-]C(C)(C)CC1(C)C.CCc1cccc(C)c1N1[CH-]C(C)(C)CC1(C)C.Cc1cc(C)c(N2[CH-]C(C)(C)CC2(C)C)c(C)c1.Cc1cccc(C(C)C)c1N1[CH-]C(C)(C)CC1(C)C. The van der Waals surface area contributed by atoms with Crippen molar-refractivity contribution in [2.75, 3.05) is 19.6 Å². The van der Waals surface area contributed by atoms with Crippen molar-refractivity contribution >= 4 is 119 Å². The molecule has 4 fully saturated rings. The summed E-state index contributed by atoms with van der Waals surface area (Å²) in [5.41, 5.74) is 22.8. The van der Waals surface area contributed by atoms with Crippen LogP contribution >= 0.6 is 77.5 Å². The zero-order valence-corrected chi connectivity index (χ0v) is 96.6. The molecule has 0 atom stereocenters. The van der Waals surface area contributed by atoms with E-state index in [1.807, 2.05) is 171 Å². The number of halogens is 8. The Balaban J connectivity index is 0.000000262. The molecule has 20 heteroatoms. The number of aryl methyl sites for hydroxylation is 6. The quantitative estimate of drug-likeness (QED) is 0.0586. The fourth-order valence-corrected chi connectivity index (χ4v) is 25.4. The molecule has 0 aliphatic carbocycles. The van der Waals surface area contributed by atoms with Gasteiger partial charge in [-0.2, -0.15) is 0 Å². The normalized spacial score (nSPS) is 17.0. The van der Waals surface area contributed by atoms with Gasteiger partial charge in [-0.1, -0.05) is 188 Å². The van der Waals surface area contributed by atoms with Crippen molar-refractivity contribution < 1.29 is 73.0 Å². The third-order valence-corrected chi connectivity index (χ3v) is 29.1. The van der Waals surface area contributed by atoms with Crippen molar-refractivity contribution in [3.63, 3.8) is 0 Å². The molecule has 0 N–H and O–H groups in total. The zero-order chi connectivity index (χ0) is 97.4. The van der Waals surface area contributed by atoms with Gasteiger partial charge in [-0.15, -0.1) is 21.7 Å². The molecular weight excluding hydrogens is 2120 g/mol. The van der Waals surface area contributed by atoms with Crippen LogP contribution in [0.15, 0.2) is 170 Å². The number of anilines is 4.